The molecule has 0 aromatic heterocycles. The van der Waals surface area contributed by atoms with Crippen LogP contribution in [0.4, 0.5) is 13.2 Å². The summed E-state index contributed by atoms with van der Waals surface area (Å²) in [6.07, 6.45) is 9.09. The maximum Gasteiger partial charge on any atom is 0.573 e. The monoisotopic (exact) mass is 460 g/mol. The van der Waals surface area contributed by atoms with Crippen LogP contribution in [0, 0.1) is 11.8 Å². The Morgan fingerprint density at radius 3 is 2.61 bits per heavy atom. The van der Waals surface area contributed by atoms with E-state index in [2.05, 4.69) is 47.2 Å². The van der Waals surface area contributed by atoms with Crippen molar-refractivity contribution in [2.45, 2.75) is 58.0 Å². The van der Waals surface area contributed by atoms with Crippen molar-refractivity contribution >= 4 is 0 Å². The molecule has 0 bridgehead atoms. The smallest absolute Gasteiger partial charge is 0.406 e. The van der Waals surface area contributed by atoms with E-state index in [1.807, 2.05) is 6.08 Å². The Hall–Kier alpha value is -2.47. The number of allylic oxidation sites excluding steroid dienone is 6. The fourth-order valence-corrected chi connectivity index (χ4v) is 4.96. The molecular weight excluding hydrogens is 425 g/mol. The van der Waals surface area contributed by atoms with Gasteiger partial charge in [0, 0.05) is 18.3 Å². The molecule has 0 amide bonds. The number of alkyl halides is 3. The van der Waals surface area contributed by atoms with E-state index in [-0.39, 0.29) is 5.75 Å². The zero-order valence-electron chi connectivity index (χ0n) is 19.4. The molecule has 1 aromatic carbocycles. The molecule has 1 aromatic rings. The Bertz CT molecular complexity index is 866. The Labute approximate surface area is 195 Å². The first kappa shape index (κ1) is 25.2. The lowest BCUT2D eigenvalue weighted by Crippen LogP contribution is -2.40. The minimum Gasteiger partial charge on any atom is -0.406 e. The number of halogens is 3. The number of nitrogens with zero attached hydrogens (tertiary/aromatic N) is 1. The van der Waals surface area contributed by atoms with E-state index in [1.165, 1.54) is 37.0 Å². The molecule has 6 heteroatoms. The summed E-state index contributed by atoms with van der Waals surface area (Å²) in [6.45, 7) is 12.8. The average Bonchev–Trinajstić information content (AvgIpc) is 3.27. The van der Waals surface area contributed by atoms with Crippen molar-refractivity contribution in [3.63, 3.8) is 0 Å². The molecule has 2 atom stereocenters. The van der Waals surface area contributed by atoms with Crippen molar-refractivity contribution in [3.8, 4) is 5.75 Å². The summed E-state index contributed by atoms with van der Waals surface area (Å²) < 4.78 is 41.3. The fourth-order valence-electron chi connectivity index (χ4n) is 4.96. The van der Waals surface area contributed by atoms with Crippen molar-refractivity contribution in [1.29, 1.82) is 0 Å². The number of hydrogen-bond donors (Lipinski definition) is 1. The standard InChI is InChI=1S/C27H35F3N2O/c1-4-5-6-8-20(2)23-13-15-32(16-14-23)25-12-11-24(18-25)21(3)31-19-22-9-7-10-26(17-22)33-27(28,29)30/h4-10,17,23-25,31H,1,3,11-16,18-19H2,2H3/b6-5-,20-8+/t24-,25+/m0/s1. The molecule has 1 heterocycles. The molecule has 3 nitrogen and oxygen atoms in total. The second-order valence-electron chi connectivity index (χ2n) is 9.08. The lowest BCUT2D eigenvalue weighted by atomic mass is 9.89. The molecule has 2 aliphatic rings. The van der Waals surface area contributed by atoms with Crippen LogP contribution >= 0.6 is 0 Å². The van der Waals surface area contributed by atoms with Gasteiger partial charge in [0.1, 0.15) is 5.75 Å². The number of nitrogens with one attached hydrogen (secondary N) is 1. The van der Waals surface area contributed by atoms with Crippen LogP contribution in [0.25, 0.3) is 0 Å². The normalized spacial score (nSPS) is 23.1. The van der Waals surface area contributed by atoms with Crippen LogP contribution < -0.4 is 10.1 Å². The molecule has 1 aliphatic heterocycles. The van der Waals surface area contributed by atoms with Gasteiger partial charge >= 0.3 is 6.36 Å². The van der Waals surface area contributed by atoms with E-state index >= 15 is 0 Å². The highest BCUT2D eigenvalue weighted by atomic mass is 19.4. The van der Waals surface area contributed by atoms with Crippen molar-refractivity contribution in [2.75, 3.05) is 13.1 Å². The van der Waals surface area contributed by atoms with Gasteiger partial charge in [0.2, 0.25) is 0 Å². The molecule has 1 saturated heterocycles. The lowest BCUT2D eigenvalue weighted by molar-refractivity contribution is -0.274. The molecule has 3 rings (SSSR count). The second kappa shape index (κ2) is 11.6. The molecule has 33 heavy (non-hydrogen) atoms. The molecule has 0 radical (unpaired) electrons. The number of ether oxygens (including phenoxy) is 1. The SMILES string of the molecule is C=C/C=C\C=C(/C)C1CCN([C@@H]2CC[C@H](C(=C)NCc3cccc(OC(F)(F)F)c3)C2)CC1. The third kappa shape index (κ3) is 7.81. The number of piperidine rings is 1. The van der Waals surface area contributed by atoms with Crippen LogP contribution in [-0.2, 0) is 6.54 Å². The van der Waals surface area contributed by atoms with E-state index < -0.39 is 6.36 Å². The number of likely N-dealkylation sites (tertiary alicyclic amines) is 1. The largest absolute Gasteiger partial charge is 0.573 e. The van der Waals surface area contributed by atoms with Crippen molar-refractivity contribution < 1.29 is 17.9 Å². The van der Waals surface area contributed by atoms with Crippen LogP contribution in [0.2, 0.25) is 0 Å². The quantitative estimate of drug-likeness (QED) is 0.412. The molecule has 2 fully saturated rings. The first-order valence-corrected chi connectivity index (χ1v) is 11.7. The highest BCUT2D eigenvalue weighted by Crippen LogP contribution is 2.36. The minimum absolute atomic E-state index is 0.196. The Morgan fingerprint density at radius 1 is 1.15 bits per heavy atom. The zero-order valence-corrected chi connectivity index (χ0v) is 19.4. The summed E-state index contributed by atoms with van der Waals surface area (Å²) in [7, 11) is 0. The third-order valence-electron chi connectivity index (χ3n) is 6.85. The van der Waals surface area contributed by atoms with Gasteiger partial charge in [-0.05, 0) is 81.6 Å². The van der Waals surface area contributed by atoms with E-state index in [4.69, 9.17) is 0 Å². The molecule has 1 N–H and O–H groups in total. The Morgan fingerprint density at radius 2 is 1.91 bits per heavy atom. The van der Waals surface area contributed by atoms with Gasteiger partial charge in [-0.25, -0.2) is 0 Å². The fraction of sp³-hybridized carbons (Fsp3) is 0.481. The summed E-state index contributed by atoms with van der Waals surface area (Å²) in [6, 6.07) is 6.67. The number of benzene rings is 1. The van der Waals surface area contributed by atoms with Crippen LogP contribution in [-0.4, -0.2) is 30.4 Å². The molecule has 0 spiro atoms. The summed E-state index contributed by atoms with van der Waals surface area (Å²) in [5.74, 6) is 0.855. The van der Waals surface area contributed by atoms with Gasteiger partial charge in [-0.15, -0.1) is 13.2 Å². The highest BCUT2D eigenvalue weighted by Gasteiger charge is 2.33. The summed E-state index contributed by atoms with van der Waals surface area (Å²) in [5, 5.41) is 3.33. The van der Waals surface area contributed by atoms with Gasteiger partial charge < -0.3 is 15.0 Å². The van der Waals surface area contributed by atoms with Crippen molar-refractivity contribution in [2.24, 2.45) is 11.8 Å². The maximum atomic E-state index is 12.4. The maximum absolute atomic E-state index is 12.4. The highest BCUT2D eigenvalue weighted by molar-refractivity contribution is 5.29. The zero-order chi connectivity index (χ0) is 23.8. The summed E-state index contributed by atoms with van der Waals surface area (Å²) in [5.41, 5.74) is 3.16. The first-order chi connectivity index (χ1) is 15.7. The van der Waals surface area contributed by atoms with Gasteiger partial charge in [-0.2, -0.15) is 0 Å². The van der Waals surface area contributed by atoms with Gasteiger partial charge in [0.15, 0.2) is 0 Å². The Balaban J connectivity index is 1.43. The summed E-state index contributed by atoms with van der Waals surface area (Å²) >= 11 is 0. The van der Waals surface area contributed by atoms with E-state index in [0.717, 1.165) is 37.2 Å². The van der Waals surface area contributed by atoms with E-state index in [1.54, 1.807) is 18.2 Å². The predicted molar refractivity (Wildman–Crippen MR) is 128 cm³/mol. The third-order valence-corrected chi connectivity index (χ3v) is 6.85. The molecule has 1 aliphatic carbocycles. The molecule has 0 unspecified atom stereocenters. The summed E-state index contributed by atoms with van der Waals surface area (Å²) in [4.78, 5) is 2.63. The molecule has 180 valence electrons. The van der Waals surface area contributed by atoms with Gasteiger partial charge in [-0.3, -0.25) is 0 Å². The first-order valence-electron chi connectivity index (χ1n) is 11.7. The number of hydrogen-bond acceptors (Lipinski definition) is 3. The predicted octanol–water partition coefficient (Wildman–Crippen LogP) is 6.76. The average molecular weight is 461 g/mol. The van der Waals surface area contributed by atoms with Crippen LogP contribution in [0.5, 0.6) is 5.75 Å². The van der Waals surface area contributed by atoms with E-state index in [9.17, 15) is 13.2 Å². The van der Waals surface area contributed by atoms with Gasteiger partial charge in [-0.1, -0.05) is 55.2 Å². The van der Waals surface area contributed by atoms with Crippen LogP contribution in [0.1, 0.15) is 44.6 Å². The lowest BCUT2D eigenvalue weighted by Gasteiger charge is -2.36. The minimum atomic E-state index is -4.68. The van der Waals surface area contributed by atoms with E-state index in [0.29, 0.717) is 24.4 Å². The number of rotatable bonds is 9. The van der Waals surface area contributed by atoms with Gasteiger partial charge in [0.05, 0.1) is 0 Å². The van der Waals surface area contributed by atoms with Crippen molar-refractivity contribution in [3.05, 3.63) is 78.6 Å². The van der Waals surface area contributed by atoms with Crippen LogP contribution in [0.3, 0.4) is 0 Å². The Kier molecular flexibility index (Phi) is 8.84. The van der Waals surface area contributed by atoms with Crippen molar-refractivity contribution in [1.82, 2.24) is 10.2 Å². The topological polar surface area (TPSA) is 24.5 Å². The van der Waals surface area contributed by atoms with Gasteiger partial charge in [0.25, 0.3) is 0 Å². The molecule has 1 saturated carbocycles. The second-order valence-corrected chi connectivity index (χ2v) is 9.08. The molecular formula is C27H35F3N2O. The van der Waals surface area contributed by atoms with Crippen LogP contribution in [0.15, 0.2) is 73.0 Å².